The Hall–Kier alpha value is -3.54. The maximum Gasteiger partial charge on any atom is 0.350 e. The summed E-state index contributed by atoms with van der Waals surface area (Å²) in [4.78, 5) is 37.1. The van der Waals surface area contributed by atoms with E-state index in [4.69, 9.17) is 21.1 Å². The number of ether oxygens (including phenoxy) is 2. The van der Waals surface area contributed by atoms with Crippen molar-refractivity contribution in [2.45, 2.75) is 44.8 Å². The molecule has 2 aromatic carbocycles. The predicted octanol–water partition coefficient (Wildman–Crippen LogP) is 4.65. The zero-order valence-corrected chi connectivity index (χ0v) is 25.7. The Labute approximate surface area is 259 Å². The van der Waals surface area contributed by atoms with Gasteiger partial charge in [0.25, 0.3) is 0 Å². The third kappa shape index (κ3) is 5.57. The zero-order chi connectivity index (χ0) is 31.1. The van der Waals surface area contributed by atoms with E-state index in [0.29, 0.717) is 49.4 Å². The van der Waals surface area contributed by atoms with Gasteiger partial charge in [-0.15, -0.1) is 0 Å². The van der Waals surface area contributed by atoms with Crippen molar-refractivity contribution in [2.24, 2.45) is 0 Å². The van der Waals surface area contributed by atoms with E-state index in [2.05, 4.69) is 16.5 Å². The van der Waals surface area contributed by atoms with E-state index in [1.807, 2.05) is 18.7 Å². The van der Waals surface area contributed by atoms with Crippen molar-refractivity contribution in [3.8, 4) is 16.9 Å². The lowest BCUT2D eigenvalue weighted by Crippen LogP contribution is -2.58. The van der Waals surface area contributed by atoms with E-state index in [1.54, 1.807) is 15.5 Å². The summed E-state index contributed by atoms with van der Waals surface area (Å²) in [6, 6.07) is 4.34. The van der Waals surface area contributed by atoms with Gasteiger partial charge in [0.05, 0.1) is 29.8 Å². The van der Waals surface area contributed by atoms with Crippen LogP contribution >= 0.6 is 11.6 Å². The molecule has 9 nitrogen and oxygen atoms in total. The molecule has 0 bridgehead atoms. The summed E-state index contributed by atoms with van der Waals surface area (Å²) in [6.07, 6.45) is 2.81. The molecule has 3 aromatic rings. The number of benzene rings is 2. The molecule has 6 rings (SSSR count). The van der Waals surface area contributed by atoms with Crippen LogP contribution < -0.4 is 15.3 Å². The van der Waals surface area contributed by atoms with Crippen molar-refractivity contribution in [1.29, 1.82) is 0 Å². The van der Waals surface area contributed by atoms with Gasteiger partial charge in [-0.1, -0.05) is 18.2 Å². The quantitative estimate of drug-likeness (QED) is 0.353. The summed E-state index contributed by atoms with van der Waals surface area (Å²) in [5.74, 6) is -0.954. The fraction of sp³-hybridized carbons (Fsp3) is 0.469. The van der Waals surface area contributed by atoms with Crippen LogP contribution in [0.2, 0.25) is 5.02 Å². The topological polar surface area (TPSA) is 80.1 Å². The largest absolute Gasteiger partial charge is 0.488 e. The highest BCUT2D eigenvalue weighted by atomic mass is 35.5. The van der Waals surface area contributed by atoms with E-state index in [9.17, 15) is 14.0 Å². The first-order valence-electron chi connectivity index (χ1n) is 15.0. The monoisotopic (exact) mass is 627 g/mol. The summed E-state index contributed by atoms with van der Waals surface area (Å²) < 4.78 is 42.5. The number of hydrogen-bond donors (Lipinski definition) is 0. The fourth-order valence-corrected chi connectivity index (χ4v) is 6.95. The number of hydrogen-bond acceptors (Lipinski definition) is 7. The first kappa shape index (κ1) is 30.5. The average Bonchev–Trinajstić information content (AvgIpc) is 3.01. The predicted molar refractivity (Wildman–Crippen MR) is 166 cm³/mol. The van der Waals surface area contributed by atoms with Gasteiger partial charge in [0.1, 0.15) is 24.1 Å². The lowest BCUT2D eigenvalue weighted by atomic mass is 9.98. The molecule has 3 atom stereocenters. The molecule has 1 amide bonds. The smallest absolute Gasteiger partial charge is 0.350 e. The van der Waals surface area contributed by atoms with Gasteiger partial charge in [-0.25, -0.2) is 13.6 Å². The zero-order valence-electron chi connectivity index (χ0n) is 24.9. The minimum absolute atomic E-state index is 0.0787. The molecule has 0 unspecified atom stereocenters. The minimum Gasteiger partial charge on any atom is -0.488 e. The third-order valence-electron chi connectivity index (χ3n) is 8.91. The number of rotatable bonds is 7. The molecule has 0 N–H and O–H groups in total. The second-order valence-electron chi connectivity index (χ2n) is 11.8. The van der Waals surface area contributed by atoms with Crippen molar-refractivity contribution >= 4 is 34.2 Å². The molecule has 4 heterocycles. The van der Waals surface area contributed by atoms with Crippen LogP contribution in [-0.2, 0) is 9.53 Å². The maximum atomic E-state index is 15.1. The summed E-state index contributed by atoms with van der Waals surface area (Å²) in [6.45, 7) is 12.6. The lowest BCUT2D eigenvalue weighted by molar-refractivity contribution is -0.128. The van der Waals surface area contributed by atoms with Gasteiger partial charge in [-0.2, -0.15) is 4.98 Å². The number of nitrogens with zero attached hydrogens (tertiary/aromatic N) is 5. The summed E-state index contributed by atoms with van der Waals surface area (Å²) in [5, 5.41) is 0.787. The van der Waals surface area contributed by atoms with Crippen LogP contribution in [0.4, 0.5) is 14.6 Å². The second kappa shape index (κ2) is 12.5. The Balaban J connectivity index is 1.47. The van der Waals surface area contributed by atoms with Crippen LogP contribution in [0.1, 0.15) is 32.7 Å². The first-order chi connectivity index (χ1) is 21.2. The Morgan fingerprint density at radius 3 is 2.66 bits per heavy atom. The van der Waals surface area contributed by atoms with Crippen molar-refractivity contribution in [2.75, 3.05) is 57.4 Å². The Morgan fingerprint density at radius 1 is 1.16 bits per heavy atom. The fourth-order valence-electron chi connectivity index (χ4n) is 6.66. The molecular weight excluding hydrogens is 592 g/mol. The molecule has 234 valence electrons. The Kier molecular flexibility index (Phi) is 8.63. The number of amides is 1. The number of piperazine rings is 1. The number of morpholine rings is 1. The van der Waals surface area contributed by atoms with E-state index in [1.165, 1.54) is 18.2 Å². The molecule has 0 aliphatic carbocycles. The van der Waals surface area contributed by atoms with E-state index >= 15 is 4.39 Å². The van der Waals surface area contributed by atoms with Gasteiger partial charge < -0.3 is 19.3 Å². The van der Waals surface area contributed by atoms with E-state index in [0.717, 1.165) is 32.1 Å². The molecule has 3 aliphatic heterocycles. The summed E-state index contributed by atoms with van der Waals surface area (Å²) in [5.41, 5.74) is 0.382. The molecule has 2 fully saturated rings. The standard InChI is InChI=1S/C32H36ClF2N5O4/c1-4-27(41)38-16-20(3)39(17-19(38)2)31-24-15-25(33)28(23-8-7-21(34)14-26(23)35)30-29(24)40(32(42)36-31)22(18-44-30)6-5-9-37-10-12-43-13-11-37/h4,7-8,14-15,19-20,22H,1,5-6,9-13,16-18H2,2-3H3/t19-,20+,22+/m1/s1. The number of aromatic nitrogens is 2. The van der Waals surface area contributed by atoms with Gasteiger partial charge in [-0.05, 0) is 57.5 Å². The second-order valence-corrected chi connectivity index (χ2v) is 12.2. The van der Waals surface area contributed by atoms with Gasteiger partial charge in [0, 0.05) is 60.8 Å². The van der Waals surface area contributed by atoms with Crippen LogP contribution in [0.25, 0.3) is 22.0 Å². The average molecular weight is 628 g/mol. The molecule has 3 aliphatic rings. The van der Waals surface area contributed by atoms with E-state index in [-0.39, 0.29) is 52.5 Å². The van der Waals surface area contributed by atoms with Gasteiger partial charge in [0.2, 0.25) is 5.91 Å². The van der Waals surface area contributed by atoms with Crippen LogP contribution in [0.5, 0.6) is 5.75 Å². The third-order valence-corrected chi connectivity index (χ3v) is 9.21. The maximum absolute atomic E-state index is 15.1. The Bertz CT molecular complexity index is 1660. The molecule has 2 saturated heterocycles. The minimum atomic E-state index is -0.785. The van der Waals surface area contributed by atoms with Crippen LogP contribution in [0, 0.1) is 11.6 Å². The van der Waals surface area contributed by atoms with Crippen molar-refractivity contribution in [3.63, 3.8) is 0 Å². The van der Waals surface area contributed by atoms with Gasteiger partial charge in [-0.3, -0.25) is 14.3 Å². The van der Waals surface area contributed by atoms with Crippen molar-refractivity contribution in [1.82, 2.24) is 19.4 Å². The van der Waals surface area contributed by atoms with Gasteiger partial charge >= 0.3 is 5.69 Å². The number of halogens is 3. The molecule has 12 heteroatoms. The molecule has 0 spiro atoms. The Morgan fingerprint density at radius 2 is 1.93 bits per heavy atom. The van der Waals surface area contributed by atoms with E-state index < -0.39 is 17.3 Å². The first-order valence-corrected chi connectivity index (χ1v) is 15.4. The number of anilines is 1. The highest BCUT2D eigenvalue weighted by Gasteiger charge is 2.36. The highest BCUT2D eigenvalue weighted by Crippen LogP contribution is 2.47. The lowest BCUT2D eigenvalue weighted by Gasteiger charge is -2.45. The van der Waals surface area contributed by atoms with Crippen LogP contribution in [-0.4, -0.2) is 89.9 Å². The van der Waals surface area contributed by atoms with Crippen molar-refractivity contribution in [3.05, 3.63) is 64.1 Å². The van der Waals surface area contributed by atoms with Crippen LogP contribution in [0.15, 0.2) is 41.7 Å². The molecular formula is C32H36ClF2N5O4. The number of carbonyl (C=O) groups is 1. The number of carbonyl (C=O) groups excluding carboxylic acids is 1. The summed E-state index contributed by atoms with van der Waals surface area (Å²) >= 11 is 6.86. The van der Waals surface area contributed by atoms with Gasteiger partial charge in [0.15, 0.2) is 5.75 Å². The normalized spacial score (nSPS) is 22.2. The SMILES string of the molecule is C=CC(=O)N1C[C@H](C)N(c2nc(=O)n3c4c(c(-c5ccc(F)cc5F)c(Cl)cc24)OC[C@@H]3CCCN2CCOCC2)C[C@H]1C. The molecule has 0 saturated carbocycles. The van der Waals surface area contributed by atoms with Crippen LogP contribution in [0.3, 0.4) is 0 Å². The van der Waals surface area contributed by atoms with Crippen molar-refractivity contribution < 1.29 is 23.0 Å². The molecule has 44 heavy (non-hydrogen) atoms. The molecule has 1 aromatic heterocycles. The highest BCUT2D eigenvalue weighted by molar-refractivity contribution is 6.35. The summed E-state index contributed by atoms with van der Waals surface area (Å²) in [7, 11) is 0. The molecule has 0 radical (unpaired) electrons.